The molecule has 0 aromatic carbocycles. The Morgan fingerprint density at radius 3 is 1.78 bits per heavy atom. The van der Waals surface area contributed by atoms with Crippen molar-refractivity contribution >= 4 is 0 Å². The van der Waals surface area contributed by atoms with Crippen molar-refractivity contribution in [2.24, 2.45) is 5.73 Å². The lowest BCUT2D eigenvalue weighted by Crippen LogP contribution is -2.35. The van der Waals surface area contributed by atoms with E-state index in [1.54, 1.807) is 0 Å². The summed E-state index contributed by atoms with van der Waals surface area (Å²) in [6, 6.07) is 0. The summed E-state index contributed by atoms with van der Waals surface area (Å²) in [5.41, 5.74) is 4.93. The second kappa shape index (κ2) is 5.93. The Morgan fingerprint density at radius 1 is 1.22 bits per heavy atom. The molecule has 0 aromatic heterocycles. The summed E-state index contributed by atoms with van der Waals surface area (Å²) in [5, 5.41) is 25.3. The zero-order valence-electron chi connectivity index (χ0n) is 5.20. The van der Waals surface area contributed by atoms with E-state index in [9.17, 15) is 0 Å². The van der Waals surface area contributed by atoms with Crippen LogP contribution in [-0.4, -0.2) is 40.7 Å². The number of hydrogen-bond donors (Lipinski definition) is 5. The Labute approximate surface area is 53.7 Å². The smallest absolute Gasteiger partial charge is 0.104 e. The fourth-order valence-electron chi connectivity index (χ4n) is 0.279. The van der Waals surface area contributed by atoms with Gasteiger partial charge in [-0.05, 0) is 0 Å². The molecule has 0 aliphatic heterocycles. The maximum atomic E-state index is 8.59. The summed E-state index contributed by atoms with van der Waals surface area (Å²) in [6.45, 7) is -0.472. The first-order valence-corrected chi connectivity index (χ1v) is 2.39. The van der Waals surface area contributed by atoms with E-state index in [0.29, 0.717) is 0 Å². The second-order valence-corrected chi connectivity index (χ2v) is 1.55. The van der Waals surface area contributed by atoms with Crippen molar-refractivity contribution in [2.45, 2.75) is 12.2 Å². The number of nitrogens with two attached hydrogens (primary N) is 1. The van der Waals surface area contributed by atoms with Gasteiger partial charge >= 0.3 is 0 Å². The first kappa shape index (κ1) is 11.6. The second-order valence-electron chi connectivity index (χ2n) is 1.55. The Hall–Kier alpha value is -0.200. The molecule has 0 aromatic rings. The molecule has 8 N–H and O–H groups in total. The van der Waals surface area contributed by atoms with Gasteiger partial charge in [-0.15, -0.1) is 0 Å². The van der Waals surface area contributed by atoms with Crippen molar-refractivity contribution in [3.8, 4) is 0 Å². The van der Waals surface area contributed by atoms with Crippen molar-refractivity contribution in [2.75, 3.05) is 13.2 Å². The number of rotatable bonds is 3. The van der Waals surface area contributed by atoms with Gasteiger partial charge in [0, 0.05) is 6.54 Å². The van der Waals surface area contributed by atoms with E-state index in [1.165, 1.54) is 0 Å². The van der Waals surface area contributed by atoms with Gasteiger partial charge in [0.25, 0.3) is 0 Å². The van der Waals surface area contributed by atoms with Crippen molar-refractivity contribution in [3.05, 3.63) is 0 Å². The van der Waals surface area contributed by atoms with Crippen LogP contribution in [0.2, 0.25) is 0 Å². The van der Waals surface area contributed by atoms with Crippen LogP contribution < -0.4 is 11.9 Å². The van der Waals surface area contributed by atoms with E-state index < -0.39 is 18.8 Å². The molecule has 2 atom stereocenters. The van der Waals surface area contributed by atoms with Crippen LogP contribution in [0.1, 0.15) is 0 Å². The third kappa shape index (κ3) is 4.31. The highest BCUT2D eigenvalue weighted by Crippen LogP contribution is 1.87. The molecule has 0 amide bonds. The van der Waals surface area contributed by atoms with Gasteiger partial charge in [-0.2, -0.15) is 0 Å². The Balaban J connectivity index is 0. The lowest BCUT2D eigenvalue weighted by Gasteiger charge is -2.11. The summed E-state index contributed by atoms with van der Waals surface area (Å²) in [6.07, 6.45) is -2.10. The van der Waals surface area contributed by atoms with Crippen LogP contribution in [0.4, 0.5) is 0 Å². The van der Waals surface area contributed by atoms with Crippen LogP contribution >= 0.6 is 0 Å². The molecule has 0 saturated carbocycles. The molecule has 0 bridgehead atoms. The standard InChI is InChI=1S/C4H11NO3.H3N/c5-1-3(7)4(8)2-6;/h3-4,6-8H,1-2,5H2;1H3. The molecular weight excluding hydrogens is 124 g/mol. The van der Waals surface area contributed by atoms with E-state index >= 15 is 0 Å². The number of hydrogen-bond acceptors (Lipinski definition) is 5. The van der Waals surface area contributed by atoms with Crippen LogP contribution in [0.3, 0.4) is 0 Å². The first-order valence-electron chi connectivity index (χ1n) is 2.39. The average Bonchev–Trinajstić information content (AvgIpc) is 1.84. The minimum atomic E-state index is -1.10. The van der Waals surface area contributed by atoms with Gasteiger partial charge < -0.3 is 27.2 Å². The predicted octanol–water partition coefficient (Wildman–Crippen LogP) is -2.18. The Morgan fingerprint density at radius 2 is 1.67 bits per heavy atom. The molecule has 0 spiro atoms. The molecular formula is C4H14N2O3. The van der Waals surface area contributed by atoms with Crippen LogP contribution in [0.15, 0.2) is 0 Å². The van der Waals surface area contributed by atoms with Crippen molar-refractivity contribution in [3.63, 3.8) is 0 Å². The molecule has 5 heteroatoms. The number of aliphatic hydroxyl groups is 3. The summed E-state index contributed by atoms with van der Waals surface area (Å²) in [7, 11) is 0. The van der Waals surface area contributed by atoms with Crippen LogP contribution in [0, 0.1) is 0 Å². The van der Waals surface area contributed by atoms with Crippen molar-refractivity contribution in [1.29, 1.82) is 0 Å². The Kier molecular flexibility index (Phi) is 7.63. The Bertz CT molecular complexity index is 53.8. The lowest BCUT2D eigenvalue weighted by atomic mass is 10.2. The molecule has 58 valence electrons. The maximum Gasteiger partial charge on any atom is 0.104 e. The molecule has 0 saturated heterocycles. The average molecular weight is 138 g/mol. The van der Waals surface area contributed by atoms with E-state index in [4.69, 9.17) is 21.1 Å². The largest absolute Gasteiger partial charge is 0.394 e. The normalized spacial score (nSPS) is 16.0. The molecule has 5 nitrogen and oxygen atoms in total. The van der Waals surface area contributed by atoms with Crippen LogP contribution in [0.5, 0.6) is 0 Å². The number of aliphatic hydroxyl groups excluding tert-OH is 3. The van der Waals surface area contributed by atoms with Gasteiger partial charge in [0.05, 0.1) is 12.7 Å². The summed E-state index contributed by atoms with van der Waals surface area (Å²) < 4.78 is 0. The fourth-order valence-corrected chi connectivity index (χ4v) is 0.279. The van der Waals surface area contributed by atoms with Gasteiger partial charge in [0.2, 0.25) is 0 Å². The lowest BCUT2D eigenvalue weighted by molar-refractivity contribution is -0.00894. The molecule has 2 unspecified atom stereocenters. The third-order valence-corrected chi connectivity index (χ3v) is 0.873. The zero-order valence-corrected chi connectivity index (χ0v) is 5.20. The summed E-state index contributed by atoms with van der Waals surface area (Å²) >= 11 is 0. The highest BCUT2D eigenvalue weighted by molar-refractivity contribution is 4.64. The van der Waals surface area contributed by atoms with Crippen molar-refractivity contribution < 1.29 is 15.3 Å². The topological polar surface area (TPSA) is 122 Å². The predicted molar refractivity (Wildman–Crippen MR) is 33.2 cm³/mol. The zero-order chi connectivity index (χ0) is 6.57. The van der Waals surface area contributed by atoms with Crippen LogP contribution in [0.25, 0.3) is 0 Å². The van der Waals surface area contributed by atoms with E-state index in [1.807, 2.05) is 0 Å². The minimum absolute atomic E-state index is 0. The summed E-state index contributed by atoms with van der Waals surface area (Å²) in [5.74, 6) is 0. The molecule has 0 rings (SSSR count). The van der Waals surface area contributed by atoms with Gasteiger partial charge in [-0.25, -0.2) is 0 Å². The molecule has 0 aliphatic rings. The minimum Gasteiger partial charge on any atom is -0.394 e. The van der Waals surface area contributed by atoms with Crippen LogP contribution in [-0.2, 0) is 0 Å². The highest BCUT2D eigenvalue weighted by atomic mass is 16.4. The fraction of sp³-hybridized carbons (Fsp3) is 1.00. The monoisotopic (exact) mass is 138 g/mol. The molecule has 0 aliphatic carbocycles. The SMILES string of the molecule is N.NCC(O)C(O)CO. The third-order valence-electron chi connectivity index (χ3n) is 0.873. The molecule has 0 fully saturated rings. The van der Waals surface area contributed by atoms with Gasteiger partial charge in [-0.1, -0.05) is 0 Å². The molecule has 0 heterocycles. The molecule has 9 heavy (non-hydrogen) atoms. The van der Waals surface area contributed by atoms with E-state index in [0.717, 1.165) is 0 Å². The quantitative estimate of drug-likeness (QED) is 0.303. The van der Waals surface area contributed by atoms with Crippen molar-refractivity contribution in [1.82, 2.24) is 6.15 Å². The van der Waals surface area contributed by atoms with Gasteiger partial charge in [0.15, 0.2) is 0 Å². The van der Waals surface area contributed by atoms with Gasteiger partial charge in [-0.3, -0.25) is 0 Å². The maximum absolute atomic E-state index is 8.59. The van der Waals surface area contributed by atoms with E-state index in [2.05, 4.69) is 0 Å². The summed E-state index contributed by atoms with van der Waals surface area (Å²) in [4.78, 5) is 0. The van der Waals surface area contributed by atoms with E-state index in [-0.39, 0.29) is 12.7 Å². The first-order chi connectivity index (χ1) is 3.72. The highest BCUT2D eigenvalue weighted by Gasteiger charge is 2.11. The molecule has 0 radical (unpaired) electrons. The van der Waals surface area contributed by atoms with Gasteiger partial charge in [0.1, 0.15) is 6.10 Å².